The highest BCUT2D eigenvalue weighted by Gasteiger charge is 2.43. The molecule has 38 heavy (non-hydrogen) atoms. The van der Waals surface area contributed by atoms with Crippen molar-refractivity contribution in [3.63, 3.8) is 0 Å². The minimum Gasteiger partial charge on any atom is -0.491 e. The highest BCUT2D eigenvalue weighted by Crippen LogP contribution is 2.39. The van der Waals surface area contributed by atoms with Crippen LogP contribution >= 0.6 is 0 Å². The number of rotatable bonds is 8. The van der Waals surface area contributed by atoms with Gasteiger partial charge in [-0.15, -0.1) is 5.10 Å². The zero-order valence-corrected chi connectivity index (χ0v) is 22.0. The zero-order valence-electron chi connectivity index (χ0n) is 22.0. The molecule has 3 fully saturated rings. The van der Waals surface area contributed by atoms with Crippen molar-refractivity contribution in [3.8, 4) is 11.4 Å². The number of hydrogen-bond acceptors (Lipinski definition) is 10. The van der Waals surface area contributed by atoms with Crippen molar-refractivity contribution < 1.29 is 13.9 Å². The molecule has 0 spiro atoms. The lowest BCUT2D eigenvalue weighted by Crippen LogP contribution is -2.55. The summed E-state index contributed by atoms with van der Waals surface area (Å²) < 4.78 is 27.8. The Morgan fingerprint density at radius 3 is 2.87 bits per heavy atom. The van der Waals surface area contributed by atoms with Crippen molar-refractivity contribution in [2.45, 2.75) is 64.1 Å². The maximum absolute atomic E-state index is 14.8. The van der Waals surface area contributed by atoms with Gasteiger partial charge in [-0.1, -0.05) is 6.92 Å². The van der Waals surface area contributed by atoms with E-state index in [-0.39, 0.29) is 22.8 Å². The van der Waals surface area contributed by atoms with E-state index in [4.69, 9.17) is 9.47 Å². The first-order valence-electron chi connectivity index (χ1n) is 13.2. The van der Waals surface area contributed by atoms with E-state index in [1.165, 1.54) is 30.0 Å². The first-order valence-corrected chi connectivity index (χ1v) is 13.2. The van der Waals surface area contributed by atoms with Crippen LogP contribution in [0.4, 0.5) is 21.8 Å². The number of anilines is 3. The molecule has 2 aromatic heterocycles. The van der Waals surface area contributed by atoms with Gasteiger partial charge >= 0.3 is 0 Å². The number of fused-ring (bicyclic) bond motifs is 1. The van der Waals surface area contributed by atoms with Gasteiger partial charge in [0.15, 0.2) is 11.6 Å². The molecule has 3 aliphatic rings. The minimum atomic E-state index is -0.464. The van der Waals surface area contributed by atoms with E-state index >= 15 is 0 Å². The number of ether oxygens (including phenoxy) is 2. The van der Waals surface area contributed by atoms with Gasteiger partial charge in [0.1, 0.15) is 17.8 Å². The van der Waals surface area contributed by atoms with Crippen molar-refractivity contribution in [1.29, 1.82) is 0 Å². The standard InChI is InChI=1S/C26H34FN9O2/c1-25(2)11-18(9-19-5-4-8-35(19)25)30-23-20(27)12-28-24(32-23)31-17-6-7-22(38-15-26(3)13-37-14-26)21(10-17)36-16-29-33-34-36/h6-7,10,12,16,18-19H,4-5,8-9,11,13-15H2,1-3H3,(H2,28,30,31,32). The predicted molar refractivity (Wildman–Crippen MR) is 139 cm³/mol. The van der Waals surface area contributed by atoms with Crippen LogP contribution < -0.4 is 15.4 Å². The van der Waals surface area contributed by atoms with E-state index in [2.05, 4.69) is 61.8 Å². The molecule has 0 saturated carbocycles. The van der Waals surface area contributed by atoms with Crippen LogP contribution in [0.25, 0.3) is 5.69 Å². The molecule has 202 valence electrons. The summed E-state index contributed by atoms with van der Waals surface area (Å²) in [4.78, 5) is 11.3. The van der Waals surface area contributed by atoms with Gasteiger partial charge in [-0.25, -0.2) is 9.37 Å². The van der Waals surface area contributed by atoms with E-state index in [9.17, 15) is 4.39 Å². The number of nitrogens with zero attached hydrogens (tertiary/aromatic N) is 7. The van der Waals surface area contributed by atoms with Gasteiger partial charge in [-0.05, 0) is 74.7 Å². The molecular formula is C26H34FN9O2. The molecule has 12 heteroatoms. The number of halogens is 1. The van der Waals surface area contributed by atoms with Crippen LogP contribution in [0.3, 0.4) is 0 Å². The third kappa shape index (κ3) is 5.02. The molecule has 3 saturated heterocycles. The summed E-state index contributed by atoms with van der Waals surface area (Å²) in [6.45, 7) is 9.67. The predicted octanol–water partition coefficient (Wildman–Crippen LogP) is 3.57. The third-order valence-electron chi connectivity index (χ3n) is 7.83. The van der Waals surface area contributed by atoms with Crippen LogP contribution in [-0.2, 0) is 4.74 Å². The smallest absolute Gasteiger partial charge is 0.229 e. The Morgan fingerprint density at radius 1 is 1.24 bits per heavy atom. The molecule has 6 rings (SSSR count). The number of nitrogens with one attached hydrogen (secondary N) is 2. The fraction of sp³-hybridized carbons (Fsp3) is 0.577. The van der Waals surface area contributed by atoms with Gasteiger partial charge in [0, 0.05) is 28.7 Å². The van der Waals surface area contributed by atoms with Crippen molar-refractivity contribution in [3.05, 3.63) is 36.5 Å². The normalized spacial score (nSPS) is 23.9. The molecule has 0 aliphatic carbocycles. The molecule has 3 aliphatic heterocycles. The summed E-state index contributed by atoms with van der Waals surface area (Å²) >= 11 is 0. The van der Waals surface area contributed by atoms with Crippen LogP contribution in [0, 0.1) is 11.2 Å². The van der Waals surface area contributed by atoms with Crippen LogP contribution in [0.1, 0.15) is 46.5 Å². The number of hydrogen-bond donors (Lipinski definition) is 2. The molecular weight excluding hydrogens is 489 g/mol. The third-order valence-corrected chi connectivity index (χ3v) is 7.83. The maximum Gasteiger partial charge on any atom is 0.229 e. The van der Waals surface area contributed by atoms with Gasteiger partial charge in [0.25, 0.3) is 0 Å². The van der Waals surface area contributed by atoms with Gasteiger partial charge in [-0.3, -0.25) is 4.90 Å². The second-order valence-electron chi connectivity index (χ2n) is 11.6. The average molecular weight is 524 g/mol. The van der Waals surface area contributed by atoms with E-state index in [1.54, 1.807) is 0 Å². The molecule has 0 amide bonds. The van der Waals surface area contributed by atoms with Gasteiger partial charge in [0.05, 0.1) is 26.0 Å². The summed E-state index contributed by atoms with van der Waals surface area (Å²) in [5.41, 5.74) is 1.42. The number of aromatic nitrogens is 6. The van der Waals surface area contributed by atoms with Crippen molar-refractivity contribution >= 4 is 17.5 Å². The largest absolute Gasteiger partial charge is 0.491 e. The number of benzene rings is 1. The lowest BCUT2D eigenvalue weighted by Gasteiger charge is -2.47. The maximum atomic E-state index is 14.8. The van der Waals surface area contributed by atoms with E-state index in [0.29, 0.717) is 48.9 Å². The lowest BCUT2D eigenvalue weighted by molar-refractivity contribution is -0.120. The molecule has 0 bridgehead atoms. The molecule has 3 aromatic rings. The molecule has 11 nitrogen and oxygen atoms in total. The summed E-state index contributed by atoms with van der Waals surface area (Å²) in [7, 11) is 0. The summed E-state index contributed by atoms with van der Waals surface area (Å²) in [5, 5.41) is 18.1. The van der Waals surface area contributed by atoms with Crippen molar-refractivity contribution in [1.82, 2.24) is 35.1 Å². The van der Waals surface area contributed by atoms with Crippen molar-refractivity contribution in [2.75, 3.05) is 37.0 Å². The van der Waals surface area contributed by atoms with Crippen LogP contribution in [0.2, 0.25) is 0 Å². The quantitative estimate of drug-likeness (QED) is 0.454. The Bertz CT molecular complexity index is 1280. The van der Waals surface area contributed by atoms with Crippen LogP contribution in [-0.4, -0.2) is 79.1 Å². The summed E-state index contributed by atoms with van der Waals surface area (Å²) in [5.74, 6) is 0.682. The Morgan fingerprint density at radius 2 is 2.11 bits per heavy atom. The Kier molecular flexibility index (Phi) is 6.39. The fourth-order valence-electron chi connectivity index (χ4n) is 5.92. The Balaban J connectivity index is 1.19. The first kappa shape index (κ1) is 24.9. The van der Waals surface area contributed by atoms with E-state index in [1.807, 2.05) is 18.2 Å². The second kappa shape index (κ2) is 9.73. The summed E-state index contributed by atoms with van der Waals surface area (Å²) in [6, 6.07) is 6.24. The molecule has 5 heterocycles. The average Bonchev–Trinajstić information content (AvgIpc) is 3.57. The number of piperidine rings is 1. The second-order valence-corrected chi connectivity index (χ2v) is 11.6. The highest BCUT2D eigenvalue weighted by molar-refractivity contribution is 5.62. The van der Waals surface area contributed by atoms with Gasteiger partial charge in [-0.2, -0.15) is 9.67 Å². The van der Waals surface area contributed by atoms with Crippen LogP contribution in [0.15, 0.2) is 30.7 Å². The monoisotopic (exact) mass is 523 g/mol. The Labute approximate surface area is 221 Å². The molecule has 2 unspecified atom stereocenters. The highest BCUT2D eigenvalue weighted by atomic mass is 19.1. The topological polar surface area (TPSA) is 115 Å². The summed E-state index contributed by atoms with van der Waals surface area (Å²) in [6.07, 6.45) is 7.04. The van der Waals surface area contributed by atoms with E-state index in [0.717, 1.165) is 19.4 Å². The van der Waals surface area contributed by atoms with Gasteiger partial charge < -0.3 is 20.1 Å². The lowest BCUT2D eigenvalue weighted by atomic mass is 9.84. The number of tetrazole rings is 1. The molecule has 0 radical (unpaired) electrons. The van der Waals surface area contributed by atoms with E-state index < -0.39 is 5.82 Å². The minimum absolute atomic E-state index is 0.0102. The van der Waals surface area contributed by atoms with Crippen molar-refractivity contribution in [2.24, 2.45) is 5.41 Å². The molecule has 2 atom stereocenters. The first-order chi connectivity index (χ1) is 18.3. The molecule has 1 aromatic carbocycles. The van der Waals surface area contributed by atoms with Crippen LogP contribution in [0.5, 0.6) is 5.75 Å². The SMILES string of the molecule is CC1(COc2ccc(Nc3ncc(F)c(NC4CC5CCCN5C(C)(C)C4)n3)cc2-n2cnnn2)COC1. The fourth-order valence-corrected chi connectivity index (χ4v) is 5.92. The van der Waals surface area contributed by atoms with Gasteiger partial charge in [0.2, 0.25) is 5.95 Å². The molecule has 2 N–H and O–H groups in total. The zero-order chi connectivity index (χ0) is 26.3. The Hall–Kier alpha value is -3.38.